The maximum atomic E-state index is 14.7. The van der Waals surface area contributed by atoms with Crippen molar-refractivity contribution in [1.82, 2.24) is 0 Å². The van der Waals surface area contributed by atoms with Crippen LogP contribution in [-0.2, 0) is 11.4 Å². The summed E-state index contributed by atoms with van der Waals surface area (Å²) in [6.45, 7) is 5.44. The van der Waals surface area contributed by atoms with Gasteiger partial charge in [-0.2, -0.15) is 0 Å². The van der Waals surface area contributed by atoms with Gasteiger partial charge in [0.1, 0.15) is 21.9 Å². The molecule has 0 aliphatic carbocycles. The predicted molar refractivity (Wildman–Crippen MR) is 92.3 cm³/mol. The third-order valence-electron chi connectivity index (χ3n) is 2.99. The zero-order valence-electron chi connectivity index (χ0n) is 12.6. The standard InChI is InChI=1S/C17H17ClFNOS/c1-17(2,3)22(21)20-11-13-9-10-14(18)15(16(13)19)12-7-5-4-6-8-12/h4-11H,1-3H3. The second-order valence-corrected chi connectivity index (χ2v) is 8.13. The smallest absolute Gasteiger partial charge is 0.144 e. The molecule has 5 heteroatoms. The van der Waals surface area contributed by atoms with E-state index >= 15 is 0 Å². The number of benzene rings is 2. The van der Waals surface area contributed by atoms with E-state index in [-0.39, 0.29) is 5.56 Å². The fourth-order valence-electron chi connectivity index (χ4n) is 1.80. The predicted octanol–water partition coefficient (Wildman–Crippen LogP) is 5.03. The van der Waals surface area contributed by atoms with Crippen molar-refractivity contribution >= 4 is 29.2 Å². The highest BCUT2D eigenvalue weighted by molar-refractivity contribution is 7.91. The highest BCUT2D eigenvalue weighted by Crippen LogP contribution is 2.32. The Morgan fingerprint density at radius 2 is 1.77 bits per heavy atom. The lowest BCUT2D eigenvalue weighted by Gasteiger charge is -2.17. The van der Waals surface area contributed by atoms with Crippen LogP contribution in [0.4, 0.5) is 4.39 Å². The molecule has 1 atom stereocenters. The minimum absolute atomic E-state index is 0.265. The summed E-state index contributed by atoms with van der Waals surface area (Å²) in [5.41, 5.74) is 1.28. The average Bonchev–Trinajstić information content (AvgIpc) is 2.46. The van der Waals surface area contributed by atoms with Crippen molar-refractivity contribution in [3.63, 3.8) is 0 Å². The van der Waals surface area contributed by atoms with E-state index in [0.717, 1.165) is 0 Å². The quantitative estimate of drug-likeness (QED) is 0.571. The molecular weight excluding hydrogens is 321 g/mol. The summed E-state index contributed by atoms with van der Waals surface area (Å²) in [7, 11) is 0. The third-order valence-corrected chi connectivity index (χ3v) is 4.65. The topological polar surface area (TPSA) is 35.4 Å². The van der Waals surface area contributed by atoms with E-state index in [0.29, 0.717) is 16.1 Å². The molecule has 0 amide bonds. The normalized spacial score (nSPS) is 13.5. The van der Waals surface area contributed by atoms with Crippen molar-refractivity contribution in [3.8, 4) is 11.1 Å². The highest BCUT2D eigenvalue weighted by atomic mass is 35.5. The third kappa shape index (κ3) is 3.88. The van der Waals surface area contributed by atoms with Gasteiger partial charge in [0.15, 0.2) is 0 Å². The molecular formula is C17H17ClFNOS. The number of halogens is 2. The SMILES string of the molecule is CC(C)(C)[S+]([O-])N=Cc1ccc(Cl)c(-c2ccccc2)c1F. The van der Waals surface area contributed by atoms with Gasteiger partial charge in [0.25, 0.3) is 0 Å². The van der Waals surface area contributed by atoms with Crippen LogP contribution in [0.25, 0.3) is 11.1 Å². The van der Waals surface area contributed by atoms with Crippen molar-refractivity contribution in [1.29, 1.82) is 0 Å². The second kappa shape index (κ2) is 6.82. The highest BCUT2D eigenvalue weighted by Gasteiger charge is 2.26. The van der Waals surface area contributed by atoms with Gasteiger partial charge < -0.3 is 4.55 Å². The Labute approximate surface area is 138 Å². The molecule has 0 fully saturated rings. The van der Waals surface area contributed by atoms with Gasteiger partial charge in [-0.15, -0.1) is 0 Å². The van der Waals surface area contributed by atoms with E-state index in [1.54, 1.807) is 18.2 Å². The molecule has 116 valence electrons. The summed E-state index contributed by atoms with van der Waals surface area (Å²) in [6.07, 6.45) is 1.31. The minimum atomic E-state index is -1.43. The van der Waals surface area contributed by atoms with E-state index in [2.05, 4.69) is 4.40 Å². The molecule has 0 N–H and O–H groups in total. The first-order valence-electron chi connectivity index (χ1n) is 6.80. The number of rotatable bonds is 3. The Bertz CT molecular complexity index is 683. The maximum Gasteiger partial charge on any atom is 0.144 e. The Morgan fingerprint density at radius 3 is 2.36 bits per heavy atom. The zero-order valence-corrected chi connectivity index (χ0v) is 14.2. The van der Waals surface area contributed by atoms with Crippen molar-refractivity contribution in [3.05, 3.63) is 58.9 Å². The molecule has 0 aliphatic heterocycles. The molecule has 2 aromatic carbocycles. The fraction of sp³-hybridized carbons (Fsp3) is 0.235. The van der Waals surface area contributed by atoms with Gasteiger partial charge in [0.2, 0.25) is 0 Å². The van der Waals surface area contributed by atoms with Crippen LogP contribution in [0, 0.1) is 5.82 Å². The molecule has 2 nitrogen and oxygen atoms in total. The summed E-state index contributed by atoms with van der Waals surface area (Å²) in [6, 6.07) is 12.2. The largest absolute Gasteiger partial charge is 0.591 e. The Kier molecular flexibility index (Phi) is 5.27. The van der Waals surface area contributed by atoms with Crippen LogP contribution >= 0.6 is 11.6 Å². The first-order chi connectivity index (χ1) is 10.3. The van der Waals surface area contributed by atoms with E-state index in [1.807, 2.05) is 39.0 Å². The van der Waals surface area contributed by atoms with Crippen molar-refractivity contribution in [2.75, 3.05) is 0 Å². The summed E-state index contributed by atoms with van der Waals surface area (Å²) in [4.78, 5) is 0. The maximum absolute atomic E-state index is 14.7. The Morgan fingerprint density at radius 1 is 1.14 bits per heavy atom. The number of hydrogen-bond donors (Lipinski definition) is 0. The molecule has 2 rings (SSSR count). The Hall–Kier alpha value is -1.36. The van der Waals surface area contributed by atoms with Crippen molar-refractivity contribution < 1.29 is 8.94 Å². The molecule has 1 unspecified atom stereocenters. The van der Waals surface area contributed by atoms with Crippen molar-refractivity contribution in [2.45, 2.75) is 25.5 Å². The molecule has 0 saturated heterocycles. The molecule has 0 bridgehead atoms. The second-order valence-electron chi connectivity index (χ2n) is 5.79. The van der Waals surface area contributed by atoms with Crippen LogP contribution in [0.3, 0.4) is 0 Å². The molecule has 0 radical (unpaired) electrons. The first-order valence-corrected chi connectivity index (χ1v) is 8.28. The molecule has 0 spiro atoms. The van der Waals surface area contributed by atoms with Gasteiger partial charge in [-0.3, -0.25) is 0 Å². The van der Waals surface area contributed by atoms with Gasteiger partial charge in [-0.05, 0) is 38.5 Å². The van der Waals surface area contributed by atoms with E-state index in [1.165, 1.54) is 12.3 Å². The van der Waals surface area contributed by atoms with Crippen LogP contribution in [0.2, 0.25) is 5.02 Å². The fourth-order valence-corrected chi connectivity index (χ4v) is 2.58. The molecule has 0 aliphatic rings. The summed E-state index contributed by atoms with van der Waals surface area (Å²) >= 11 is 4.69. The lowest BCUT2D eigenvalue weighted by molar-refractivity contribution is 0.561. The van der Waals surface area contributed by atoms with Gasteiger partial charge in [-0.1, -0.05) is 46.3 Å². The van der Waals surface area contributed by atoms with Gasteiger partial charge in [0, 0.05) is 11.1 Å². The lowest BCUT2D eigenvalue weighted by atomic mass is 10.0. The van der Waals surface area contributed by atoms with E-state index < -0.39 is 21.9 Å². The van der Waals surface area contributed by atoms with Crippen LogP contribution < -0.4 is 0 Å². The molecule has 0 aromatic heterocycles. The van der Waals surface area contributed by atoms with Crippen LogP contribution in [0.5, 0.6) is 0 Å². The van der Waals surface area contributed by atoms with Crippen LogP contribution in [-0.4, -0.2) is 15.5 Å². The number of nitrogens with zero attached hydrogens (tertiary/aromatic N) is 1. The molecule has 0 saturated carbocycles. The summed E-state index contributed by atoms with van der Waals surface area (Å²) in [5.74, 6) is -0.464. The van der Waals surface area contributed by atoms with Gasteiger partial charge >= 0.3 is 0 Å². The number of hydrogen-bond acceptors (Lipinski definition) is 2. The average molecular weight is 338 g/mol. The first kappa shape index (κ1) is 17.0. The van der Waals surface area contributed by atoms with Gasteiger partial charge in [-0.25, -0.2) is 4.39 Å². The van der Waals surface area contributed by atoms with E-state index in [9.17, 15) is 8.94 Å². The monoisotopic (exact) mass is 337 g/mol. The zero-order chi connectivity index (χ0) is 16.3. The van der Waals surface area contributed by atoms with E-state index in [4.69, 9.17) is 11.6 Å². The van der Waals surface area contributed by atoms with Crippen LogP contribution in [0.1, 0.15) is 26.3 Å². The molecule has 0 heterocycles. The summed E-state index contributed by atoms with van der Waals surface area (Å²) in [5, 5.41) is 0.331. The Balaban J connectivity index is 2.42. The molecule has 22 heavy (non-hydrogen) atoms. The van der Waals surface area contributed by atoms with Gasteiger partial charge in [0.05, 0.1) is 11.2 Å². The summed E-state index contributed by atoms with van der Waals surface area (Å²) < 4.78 is 30.1. The van der Waals surface area contributed by atoms with Crippen molar-refractivity contribution in [2.24, 2.45) is 4.40 Å². The minimum Gasteiger partial charge on any atom is -0.591 e. The van der Waals surface area contributed by atoms with Crippen LogP contribution in [0.15, 0.2) is 46.9 Å². The lowest BCUT2D eigenvalue weighted by Crippen LogP contribution is -2.25. The molecule has 2 aromatic rings.